The van der Waals surface area contributed by atoms with Gasteiger partial charge in [-0.05, 0) is 30.3 Å². The second kappa shape index (κ2) is 7.10. The van der Waals surface area contributed by atoms with Crippen molar-refractivity contribution in [3.8, 4) is 0 Å². The van der Waals surface area contributed by atoms with Gasteiger partial charge in [-0.3, -0.25) is 9.78 Å². The predicted molar refractivity (Wildman–Crippen MR) is 103 cm³/mol. The van der Waals surface area contributed by atoms with Crippen molar-refractivity contribution in [3.63, 3.8) is 0 Å². The van der Waals surface area contributed by atoms with Crippen LogP contribution in [0.4, 0.5) is 10.1 Å². The number of carboxylic acid groups (broad SMARTS) is 1. The van der Waals surface area contributed by atoms with Crippen LogP contribution in [0.3, 0.4) is 0 Å². The van der Waals surface area contributed by atoms with Crippen LogP contribution in [-0.4, -0.2) is 22.0 Å². The molecule has 5 nitrogen and oxygen atoms in total. The Morgan fingerprint density at radius 3 is 1.89 bits per heavy atom. The number of nitrogens with one attached hydrogen (secondary N) is 1. The molecule has 144 valence electrons. The Morgan fingerprint density at radius 2 is 1.48 bits per heavy atom. The molecule has 0 atom stereocenters. The van der Waals surface area contributed by atoms with E-state index in [1.165, 1.54) is 6.07 Å². The first kappa shape index (κ1) is 20.6. The lowest BCUT2D eigenvalue weighted by molar-refractivity contribution is 0.0691. The number of pyridine rings is 1. The SMILES string of the molecule is CC(C)(C)c1cc(C(=O)Nc2ccc(C(=O)O)c(F)c2)cc(C(C)(C)C)n1. The number of aromatic carboxylic acids is 1. The highest BCUT2D eigenvalue weighted by Gasteiger charge is 2.24. The molecule has 0 aliphatic heterocycles. The molecule has 0 radical (unpaired) electrons. The van der Waals surface area contributed by atoms with Gasteiger partial charge in [-0.25, -0.2) is 9.18 Å². The fraction of sp³-hybridized carbons (Fsp3) is 0.381. The first-order valence-electron chi connectivity index (χ1n) is 8.66. The quantitative estimate of drug-likeness (QED) is 0.814. The molecule has 6 heteroatoms. The maximum Gasteiger partial charge on any atom is 0.338 e. The fourth-order valence-electron chi connectivity index (χ4n) is 2.40. The zero-order chi connectivity index (χ0) is 20.6. The van der Waals surface area contributed by atoms with Gasteiger partial charge >= 0.3 is 5.97 Å². The number of carbonyl (C=O) groups is 2. The van der Waals surface area contributed by atoms with Gasteiger partial charge in [-0.2, -0.15) is 0 Å². The molecule has 0 unspecified atom stereocenters. The van der Waals surface area contributed by atoms with Crippen molar-refractivity contribution in [2.75, 3.05) is 5.32 Å². The van der Waals surface area contributed by atoms with Gasteiger partial charge in [0.25, 0.3) is 5.91 Å². The molecule has 2 N–H and O–H groups in total. The summed E-state index contributed by atoms with van der Waals surface area (Å²) in [4.78, 5) is 28.3. The van der Waals surface area contributed by atoms with E-state index in [1.807, 2.05) is 41.5 Å². The first-order valence-corrected chi connectivity index (χ1v) is 8.66. The molecule has 0 spiro atoms. The molecular weight excluding hydrogens is 347 g/mol. The van der Waals surface area contributed by atoms with E-state index in [1.54, 1.807) is 12.1 Å². The van der Waals surface area contributed by atoms with E-state index in [4.69, 9.17) is 10.1 Å². The van der Waals surface area contributed by atoms with E-state index in [2.05, 4.69) is 5.32 Å². The van der Waals surface area contributed by atoms with Crippen LogP contribution in [0.1, 0.15) is 73.6 Å². The number of benzene rings is 1. The smallest absolute Gasteiger partial charge is 0.338 e. The van der Waals surface area contributed by atoms with Gasteiger partial charge in [0.15, 0.2) is 0 Å². The van der Waals surface area contributed by atoms with E-state index in [0.717, 1.165) is 23.5 Å². The van der Waals surface area contributed by atoms with E-state index in [0.29, 0.717) is 5.56 Å². The highest BCUT2D eigenvalue weighted by atomic mass is 19.1. The number of halogens is 1. The van der Waals surface area contributed by atoms with Crippen molar-refractivity contribution in [2.24, 2.45) is 0 Å². The van der Waals surface area contributed by atoms with Gasteiger partial charge in [0.1, 0.15) is 5.82 Å². The topological polar surface area (TPSA) is 79.3 Å². The Morgan fingerprint density at radius 1 is 0.963 bits per heavy atom. The second-order valence-corrected chi connectivity index (χ2v) is 8.58. The third kappa shape index (κ3) is 4.90. The van der Waals surface area contributed by atoms with Gasteiger partial charge in [0.05, 0.1) is 5.56 Å². The van der Waals surface area contributed by atoms with Crippen molar-refractivity contribution < 1.29 is 19.1 Å². The molecule has 0 saturated heterocycles. The van der Waals surface area contributed by atoms with E-state index < -0.39 is 23.3 Å². The zero-order valence-corrected chi connectivity index (χ0v) is 16.5. The number of rotatable bonds is 3. The third-order valence-corrected chi connectivity index (χ3v) is 4.08. The van der Waals surface area contributed by atoms with Crippen molar-refractivity contribution in [2.45, 2.75) is 52.4 Å². The minimum atomic E-state index is -1.36. The zero-order valence-electron chi connectivity index (χ0n) is 16.5. The summed E-state index contributed by atoms with van der Waals surface area (Å²) < 4.78 is 13.9. The van der Waals surface area contributed by atoms with E-state index in [-0.39, 0.29) is 16.5 Å². The molecule has 1 heterocycles. The number of aromatic nitrogens is 1. The number of anilines is 1. The Balaban J connectivity index is 2.41. The molecule has 1 aromatic carbocycles. The van der Waals surface area contributed by atoms with Crippen LogP contribution < -0.4 is 5.32 Å². The second-order valence-electron chi connectivity index (χ2n) is 8.58. The minimum absolute atomic E-state index is 0.189. The lowest BCUT2D eigenvalue weighted by atomic mass is 9.86. The minimum Gasteiger partial charge on any atom is -0.478 e. The average molecular weight is 372 g/mol. The fourth-order valence-corrected chi connectivity index (χ4v) is 2.40. The Bertz CT molecular complexity index is 861. The molecule has 2 rings (SSSR count). The van der Waals surface area contributed by atoms with Crippen LogP contribution in [0.15, 0.2) is 30.3 Å². The van der Waals surface area contributed by atoms with Gasteiger partial charge in [-0.1, -0.05) is 41.5 Å². The molecule has 27 heavy (non-hydrogen) atoms. The number of nitrogens with zero attached hydrogens (tertiary/aromatic N) is 1. The maximum atomic E-state index is 13.9. The van der Waals surface area contributed by atoms with Crippen LogP contribution in [0.5, 0.6) is 0 Å². The average Bonchev–Trinajstić information content (AvgIpc) is 2.52. The third-order valence-electron chi connectivity index (χ3n) is 4.08. The van der Waals surface area contributed by atoms with E-state index >= 15 is 0 Å². The summed E-state index contributed by atoms with van der Waals surface area (Å²) in [5.74, 6) is -2.67. The van der Waals surface area contributed by atoms with Crippen LogP contribution in [0, 0.1) is 5.82 Å². The predicted octanol–water partition coefficient (Wildman–Crippen LogP) is 4.77. The number of amides is 1. The molecule has 1 aromatic heterocycles. The summed E-state index contributed by atoms with van der Waals surface area (Å²) in [6.45, 7) is 12.1. The Hall–Kier alpha value is -2.76. The standard InChI is InChI=1S/C21H25FN2O3/c1-20(2,3)16-9-12(10-17(24-16)21(4,5)6)18(25)23-13-7-8-14(19(26)27)15(22)11-13/h7-11H,1-6H3,(H,23,25)(H,26,27). The number of hydrogen-bond donors (Lipinski definition) is 2. The van der Waals surface area contributed by atoms with Crippen molar-refractivity contribution in [3.05, 3.63) is 58.7 Å². The number of carbonyl (C=O) groups excluding carboxylic acids is 1. The number of carboxylic acids is 1. The summed E-state index contributed by atoms with van der Waals surface area (Å²) in [5, 5.41) is 11.5. The van der Waals surface area contributed by atoms with Crippen LogP contribution in [0.2, 0.25) is 0 Å². The molecule has 0 saturated carbocycles. The summed E-state index contributed by atoms with van der Waals surface area (Å²) in [6, 6.07) is 6.94. The van der Waals surface area contributed by atoms with Gasteiger partial charge in [0, 0.05) is 33.5 Å². The van der Waals surface area contributed by atoms with Crippen LogP contribution in [0.25, 0.3) is 0 Å². The molecule has 0 fully saturated rings. The van der Waals surface area contributed by atoms with Gasteiger partial charge in [-0.15, -0.1) is 0 Å². The van der Waals surface area contributed by atoms with Crippen molar-refractivity contribution >= 4 is 17.6 Å². The maximum absolute atomic E-state index is 13.9. The monoisotopic (exact) mass is 372 g/mol. The summed E-state index contributed by atoms with van der Waals surface area (Å²) in [7, 11) is 0. The summed E-state index contributed by atoms with van der Waals surface area (Å²) in [5.41, 5.74) is 1.25. The highest BCUT2D eigenvalue weighted by Crippen LogP contribution is 2.27. The molecule has 0 aliphatic carbocycles. The normalized spacial score (nSPS) is 12.0. The molecular formula is C21H25FN2O3. The highest BCUT2D eigenvalue weighted by molar-refractivity contribution is 6.04. The lowest BCUT2D eigenvalue weighted by Gasteiger charge is -2.24. The van der Waals surface area contributed by atoms with Crippen molar-refractivity contribution in [1.82, 2.24) is 4.98 Å². The molecule has 2 aromatic rings. The van der Waals surface area contributed by atoms with Crippen LogP contribution in [-0.2, 0) is 10.8 Å². The first-order chi connectivity index (χ1) is 12.3. The van der Waals surface area contributed by atoms with Crippen molar-refractivity contribution in [1.29, 1.82) is 0 Å². The van der Waals surface area contributed by atoms with Gasteiger partial charge in [0.2, 0.25) is 0 Å². The Labute approximate surface area is 158 Å². The van der Waals surface area contributed by atoms with E-state index in [9.17, 15) is 14.0 Å². The number of hydrogen-bond acceptors (Lipinski definition) is 3. The Kier molecular flexibility index (Phi) is 5.40. The van der Waals surface area contributed by atoms with Crippen LogP contribution >= 0.6 is 0 Å². The largest absolute Gasteiger partial charge is 0.478 e. The molecule has 1 amide bonds. The molecule has 0 bridgehead atoms. The summed E-state index contributed by atoms with van der Waals surface area (Å²) in [6.07, 6.45) is 0. The summed E-state index contributed by atoms with van der Waals surface area (Å²) >= 11 is 0. The molecule has 0 aliphatic rings. The van der Waals surface area contributed by atoms with Gasteiger partial charge < -0.3 is 10.4 Å². The lowest BCUT2D eigenvalue weighted by Crippen LogP contribution is -2.23.